The molecular formula is C17H15N3O3S. The second-order valence-corrected chi connectivity index (χ2v) is 6.46. The van der Waals surface area contributed by atoms with E-state index in [0.29, 0.717) is 26.2 Å². The van der Waals surface area contributed by atoms with Crippen LogP contribution in [0.4, 0.5) is 0 Å². The lowest BCUT2D eigenvalue weighted by Crippen LogP contribution is -2.28. The minimum Gasteiger partial charge on any atom is -0.365 e. The van der Waals surface area contributed by atoms with Crippen molar-refractivity contribution in [3.8, 4) is 0 Å². The van der Waals surface area contributed by atoms with E-state index in [2.05, 4.69) is 4.98 Å². The molecule has 0 radical (unpaired) electrons. The predicted molar refractivity (Wildman–Crippen MR) is 92.6 cm³/mol. The number of nitrogens with zero attached hydrogens (tertiary/aromatic N) is 2. The molecule has 1 amide bonds. The third-order valence-corrected chi connectivity index (χ3v) is 5.17. The number of primary amides is 1. The summed E-state index contributed by atoms with van der Waals surface area (Å²) in [6.45, 7) is 3.32. The van der Waals surface area contributed by atoms with E-state index in [4.69, 9.17) is 5.73 Å². The second kappa shape index (κ2) is 6.01. The van der Waals surface area contributed by atoms with Gasteiger partial charge in [-0.2, -0.15) is 0 Å². The van der Waals surface area contributed by atoms with Gasteiger partial charge in [-0.25, -0.2) is 4.98 Å². The van der Waals surface area contributed by atoms with E-state index in [1.54, 1.807) is 38.1 Å². The molecule has 0 saturated carbocycles. The SMILES string of the molecule is Cc1c(C(N)=O)sc2ncn(C(C)C(=O)c3ccccc3)c(=O)c12. The van der Waals surface area contributed by atoms with Crippen LogP contribution in [0.25, 0.3) is 10.2 Å². The zero-order valence-corrected chi connectivity index (χ0v) is 14.0. The maximum atomic E-state index is 12.8. The summed E-state index contributed by atoms with van der Waals surface area (Å²) in [6, 6.07) is 8.07. The molecule has 1 unspecified atom stereocenters. The molecule has 2 aromatic heterocycles. The van der Waals surface area contributed by atoms with Crippen LogP contribution in [0.5, 0.6) is 0 Å². The third kappa shape index (κ3) is 2.52. The van der Waals surface area contributed by atoms with Crippen molar-refractivity contribution in [1.82, 2.24) is 9.55 Å². The monoisotopic (exact) mass is 341 g/mol. The summed E-state index contributed by atoms with van der Waals surface area (Å²) in [4.78, 5) is 41.8. The van der Waals surface area contributed by atoms with Crippen LogP contribution in [-0.2, 0) is 0 Å². The lowest BCUT2D eigenvalue weighted by Gasteiger charge is -2.13. The second-order valence-electron chi connectivity index (χ2n) is 5.46. The first-order valence-corrected chi connectivity index (χ1v) is 8.12. The summed E-state index contributed by atoms with van der Waals surface area (Å²) in [6.07, 6.45) is 1.34. The number of nitrogens with two attached hydrogens (primary N) is 1. The Balaban J connectivity index is 2.12. The number of benzene rings is 1. The van der Waals surface area contributed by atoms with E-state index in [1.165, 1.54) is 10.9 Å². The smallest absolute Gasteiger partial charge is 0.263 e. The van der Waals surface area contributed by atoms with Crippen molar-refractivity contribution in [2.45, 2.75) is 19.9 Å². The highest BCUT2D eigenvalue weighted by Crippen LogP contribution is 2.26. The average Bonchev–Trinajstić information content (AvgIpc) is 2.92. The Morgan fingerprint density at radius 1 is 1.25 bits per heavy atom. The normalized spacial score (nSPS) is 12.2. The molecule has 6 nitrogen and oxygen atoms in total. The third-order valence-electron chi connectivity index (χ3n) is 3.95. The number of Topliss-reactive ketones (excluding diaryl/α,β-unsaturated/α-hetero) is 1. The first-order chi connectivity index (χ1) is 11.4. The molecule has 0 saturated heterocycles. The fourth-order valence-corrected chi connectivity index (χ4v) is 3.61. The highest BCUT2D eigenvalue weighted by Gasteiger charge is 2.22. The number of aryl methyl sites for hydroxylation is 1. The molecule has 1 aromatic carbocycles. The zero-order chi connectivity index (χ0) is 17.4. The van der Waals surface area contributed by atoms with E-state index >= 15 is 0 Å². The topological polar surface area (TPSA) is 95.1 Å². The Hall–Kier alpha value is -2.80. The van der Waals surface area contributed by atoms with Gasteiger partial charge in [0.05, 0.1) is 22.6 Å². The van der Waals surface area contributed by atoms with Crippen molar-refractivity contribution in [2.75, 3.05) is 0 Å². The molecule has 0 aliphatic rings. The number of carbonyl (C=O) groups excluding carboxylic acids is 2. The molecular weight excluding hydrogens is 326 g/mol. The molecule has 122 valence electrons. The number of amides is 1. The van der Waals surface area contributed by atoms with Crippen LogP contribution in [0.15, 0.2) is 41.5 Å². The van der Waals surface area contributed by atoms with E-state index in [1.807, 2.05) is 6.07 Å². The van der Waals surface area contributed by atoms with Gasteiger partial charge in [0.2, 0.25) is 0 Å². The lowest BCUT2D eigenvalue weighted by molar-refractivity contribution is 0.0931. The van der Waals surface area contributed by atoms with E-state index in [0.717, 1.165) is 11.3 Å². The van der Waals surface area contributed by atoms with Gasteiger partial charge < -0.3 is 5.73 Å². The Labute approximate surface area is 141 Å². The summed E-state index contributed by atoms with van der Waals surface area (Å²) in [5, 5.41) is 0.337. The molecule has 0 fully saturated rings. The standard InChI is InChI=1S/C17H15N3O3S/c1-9-12-16(24-14(9)15(18)22)19-8-20(17(12)23)10(2)13(21)11-6-4-3-5-7-11/h3-8,10H,1-2H3,(H2,18,22). The number of fused-ring (bicyclic) bond motifs is 1. The molecule has 0 aliphatic carbocycles. The molecule has 7 heteroatoms. The number of carbonyl (C=O) groups is 2. The predicted octanol–water partition coefficient (Wildman–Crippen LogP) is 2.31. The summed E-state index contributed by atoms with van der Waals surface area (Å²) in [7, 11) is 0. The first-order valence-electron chi connectivity index (χ1n) is 7.31. The number of thiophene rings is 1. The van der Waals surface area contributed by atoms with Gasteiger partial charge in [0.15, 0.2) is 5.78 Å². The van der Waals surface area contributed by atoms with Crippen LogP contribution in [-0.4, -0.2) is 21.2 Å². The number of ketones is 1. The van der Waals surface area contributed by atoms with Crippen LogP contribution in [0.1, 0.15) is 38.6 Å². The Morgan fingerprint density at radius 2 is 1.92 bits per heavy atom. The maximum Gasteiger partial charge on any atom is 0.263 e. The molecule has 3 aromatic rings. The fraction of sp³-hybridized carbons (Fsp3) is 0.176. The number of rotatable bonds is 4. The minimum atomic E-state index is -0.701. The summed E-state index contributed by atoms with van der Waals surface area (Å²) in [5.74, 6) is -0.767. The van der Waals surface area contributed by atoms with Crippen LogP contribution in [0, 0.1) is 6.92 Å². The fourth-order valence-electron chi connectivity index (χ4n) is 2.62. The Kier molecular flexibility index (Phi) is 4.02. The van der Waals surface area contributed by atoms with Gasteiger partial charge in [0.25, 0.3) is 11.5 Å². The Morgan fingerprint density at radius 3 is 2.54 bits per heavy atom. The van der Waals surface area contributed by atoms with Crippen LogP contribution in [0.3, 0.4) is 0 Å². The number of hydrogen-bond donors (Lipinski definition) is 1. The summed E-state index contributed by atoms with van der Waals surface area (Å²) in [5.41, 5.74) is 6.02. The maximum absolute atomic E-state index is 12.8. The van der Waals surface area contributed by atoms with Gasteiger partial charge in [0.1, 0.15) is 4.83 Å². The zero-order valence-electron chi connectivity index (χ0n) is 13.1. The molecule has 3 rings (SSSR count). The molecule has 0 bridgehead atoms. The van der Waals surface area contributed by atoms with E-state index < -0.39 is 11.9 Å². The lowest BCUT2D eigenvalue weighted by atomic mass is 10.1. The molecule has 0 aliphatic heterocycles. The van der Waals surface area contributed by atoms with Gasteiger partial charge >= 0.3 is 0 Å². The van der Waals surface area contributed by atoms with Crippen molar-refractivity contribution < 1.29 is 9.59 Å². The highest BCUT2D eigenvalue weighted by molar-refractivity contribution is 7.20. The largest absolute Gasteiger partial charge is 0.365 e. The van der Waals surface area contributed by atoms with Crippen molar-refractivity contribution in [2.24, 2.45) is 5.73 Å². The van der Waals surface area contributed by atoms with Crippen molar-refractivity contribution >= 4 is 33.2 Å². The highest BCUT2D eigenvalue weighted by atomic mass is 32.1. The summed E-state index contributed by atoms with van der Waals surface area (Å²) >= 11 is 1.09. The molecule has 24 heavy (non-hydrogen) atoms. The molecule has 2 N–H and O–H groups in total. The number of hydrogen-bond acceptors (Lipinski definition) is 5. The first kappa shape index (κ1) is 16.1. The van der Waals surface area contributed by atoms with E-state index in [-0.39, 0.29) is 11.3 Å². The van der Waals surface area contributed by atoms with Gasteiger partial charge in [-0.15, -0.1) is 11.3 Å². The van der Waals surface area contributed by atoms with Crippen LogP contribution < -0.4 is 11.3 Å². The summed E-state index contributed by atoms with van der Waals surface area (Å²) < 4.78 is 1.29. The molecule has 2 heterocycles. The van der Waals surface area contributed by atoms with Crippen LogP contribution >= 0.6 is 11.3 Å². The molecule has 1 atom stereocenters. The average molecular weight is 341 g/mol. The molecule has 0 spiro atoms. The quantitative estimate of drug-likeness (QED) is 0.737. The van der Waals surface area contributed by atoms with Crippen molar-refractivity contribution in [3.63, 3.8) is 0 Å². The van der Waals surface area contributed by atoms with Crippen molar-refractivity contribution in [3.05, 3.63) is 63.0 Å². The number of aromatic nitrogens is 2. The van der Waals surface area contributed by atoms with Crippen LogP contribution in [0.2, 0.25) is 0 Å². The minimum absolute atomic E-state index is 0.179. The van der Waals surface area contributed by atoms with Gasteiger partial charge in [-0.05, 0) is 19.4 Å². The Bertz CT molecular complexity index is 1010. The van der Waals surface area contributed by atoms with Gasteiger partial charge in [0, 0.05) is 5.56 Å². The van der Waals surface area contributed by atoms with E-state index in [9.17, 15) is 14.4 Å². The van der Waals surface area contributed by atoms with Gasteiger partial charge in [-0.3, -0.25) is 19.0 Å². The van der Waals surface area contributed by atoms with Crippen molar-refractivity contribution in [1.29, 1.82) is 0 Å². The van der Waals surface area contributed by atoms with Gasteiger partial charge in [-0.1, -0.05) is 30.3 Å².